The van der Waals surface area contributed by atoms with Crippen molar-refractivity contribution in [2.24, 2.45) is 0 Å². The van der Waals surface area contributed by atoms with Gasteiger partial charge in [-0.2, -0.15) is 0 Å². The van der Waals surface area contributed by atoms with Crippen LogP contribution >= 0.6 is 74.5 Å². The molecule has 0 saturated heterocycles. The number of carboxylic acid groups (broad SMARTS) is 3. The minimum Gasteiger partial charge on any atom is -0.548 e. The zero-order valence-electron chi connectivity index (χ0n) is 14.8. The number of carbonyl (C=O) groups excluding carboxylic acids is 3. The van der Waals surface area contributed by atoms with E-state index in [1.165, 1.54) is 35.8 Å². The molecule has 28 heavy (non-hydrogen) atoms. The Balaban J connectivity index is -0.000000152. The molecule has 0 spiro atoms. The molecule has 0 amide bonds. The Morgan fingerprint density at radius 1 is 0.643 bits per heavy atom. The summed E-state index contributed by atoms with van der Waals surface area (Å²) < 4.78 is 0.748. The van der Waals surface area contributed by atoms with E-state index in [1.807, 2.05) is 0 Å². The molecule has 0 heterocycles. The Bertz CT molecular complexity index is 492. The van der Waals surface area contributed by atoms with E-state index in [0.29, 0.717) is 0 Å². The minimum absolute atomic E-state index is 0. The van der Waals surface area contributed by atoms with Gasteiger partial charge in [0.2, 0.25) is 0 Å². The second-order valence-corrected chi connectivity index (χ2v) is 7.87. The molecule has 0 N–H and O–H groups in total. The SMILES string of the molecule is CN(CC(=O)[O-])C(=S)S.CN(CC(=O)[O-])C(=S)S.CN(CC(=O)[O-])C(=S)S.[Fe+3]. The van der Waals surface area contributed by atoms with Crippen LogP contribution in [-0.4, -0.2) is 86.3 Å². The summed E-state index contributed by atoms with van der Waals surface area (Å²) >= 11 is 24.8. The number of thiol groups is 3. The van der Waals surface area contributed by atoms with E-state index in [2.05, 4.69) is 74.5 Å². The van der Waals surface area contributed by atoms with Crippen molar-refractivity contribution in [3.63, 3.8) is 0 Å². The standard InChI is InChI=1S/3C4H7NO2S2.Fe/c3*1-5(4(8)9)2-3(6)7;/h3*2H2,1H3,(H,6,7)(H,8,9);/q;;;+3/p-3. The summed E-state index contributed by atoms with van der Waals surface area (Å²) in [7, 11) is 4.60. The van der Waals surface area contributed by atoms with Crippen LogP contribution in [0, 0.1) is 0 Å². The molecule has 0 atom stereocenters. The fraction of sp³-hybridized carbons (Fsp3) is 0.500. The number of rotatable bonds is 6. The molecule has 1 radical (unpaired) electrons. The number of hydrogen-bond acceptors (Lipinski definition) is 9. The molecule has 9 nitrogen and oxygen atoms in total. The third-order valence-corrected chi connectivity index (χ3v) is 4.04. The molecule has 0 bridgehead atoms. The number of thiocarbonyl (C=S) groups is 3. The van der Waals surface area contributed by atoms with Gasteiger partial charge in [0, 0.05) is 21.1 Å². The van der Waals surface area contributed by atoms with Gasteiger partial charge in [-0.15, -0.1) is 37.9 Å². The van der Waals surface area contributed by atoms with E-state index in [4.69, 9.17) is 0 Å². The van der Waals surface area contributed by atoms with Gasteiger partial charge in [0.25, 0.3) is 0 Å². The normalized spacial score (nSPS) is 8.36. The van der Waals surface area contributed by atoms with E-state index < -0.39 is 17.9 Å². The van der Waals surface area contributed by atoms with Crippen LogP contribution < -0.4 is 15.3 Å². The summed E-state index contributed by atoms with van der Waals surface area (Å²) in [4.78, 5) is 33.5. The van der Waals surface area contributed by atoms with Crippen molar-refractivity contribution < 1.29 is 46.8 Å². The van der Waals surface area contributed by atoms with Gasteiger partial charge in [0.15, 0.2) is 0 Å². The predicted octanol–water partition coefficient (Wildman–Crippen LogP) is -3.35. The van der Waals surface area contributed by atoms with Crippen molar-refractivity contribution in [1.29, 1.82) is 0 Å². The van der Waals surface area contributed by atoms with Gasteiger partial charge in [0.05, 0.1) is 37.5 Å². The fourth-order valence-corrected chi connectivity index (χ4v) is 1.19. The van der Waals surface area contributed by atoms with Crippen LogP contribution in [0.3, 0.4) is 0 Å². The molecule has 16 heteroatoms. The topological polar surface area (TPSA) is 130 Å². The van der Waals surface area contributed by atoms with E-state index in [-0.39, 0.29) is 49.7 Å². The molecule has 0 aliphatic rings. The maximum absolute atomic E-state index is 9.87. The molecule has 0 fully saturated rings. The number of nitrogens with zero attached hydrogens (tertiary/aromatic N) is 3. The first-order chi connectivity index (χ1) is 12.1. The monoisotopic (exact) mass is 548 g/mol. The summed E-state index contributed by atoms with van der Waals surface area (Å²) in [6.45, 7) is -0.618. The summed E-state index contributed by atoms with van der Waals surface area (Å²) in [5, 5.41) is 29.6. The maximum atomic E-state index is 9.87. The third kappa shape index (κ3) is 27.9. The number of hydrogen-bond donors (Lipinski definition) is 3. The fourth-order valence-electron chi connectivity index (χ4n) is 0.784. The molecule has 0 aliphatic carbocycles. The molecular weight excluding hydrogens is 530 g/mol. The van der Waals surface area contributed by atoms with Gasteiger partial charge in [-0.05, 0) is 0 Å². The van der Waals surface area contributed by atoms with Gasteiger partial charge in [-0.3, -0.25) is 0 Å². The Morgan fingerprint density at radius 3 is 0.821 bits per heavy atom. The molecule has 0 aromatic rings. The van der Waals surface area contributed by atoms with Crippen molar-refractivity contribution in [3.8, 4) is 0 Å². The average molecular weight is 549 g/mol. The van der Waals surface area contributed by atoms with Gasteiger partial charge >= 0.3 is 17.1 Å². The van der Waals surface area contributed by atoms with Gasteiger partial charge in [0.1, 0.15) is 13.0 Å². The number of carboxylic acids is 3. The average Bonchev–Trinajstić information content (AvgIpc) is 2.46. The zero-order chi connectivity index (χ0) is 22.3. The molecule has 161 valence electrons. The number of carbonyl (C=O) groups is 3. The largest absolute Gasteiger partial charge is 3.00 e. The third-order valence-electron chi connectivity index (χ3n) is 2.08. The van der Waals surface area contributed by atoms with Crippen LogP contribution in [0.25, 0.3) is 0 Å². The maximum Gasteiger partial charge on any atom is 3.00 e. The van der Waals surface area contributed by atoms with Crippen LogP contribution in [0.15, 0.2) is 0 Å². The summed E-state index contributed by atoms with van der Waals surface area (Å²) in [6, 6.07) is 0. The summed E-state index contributed by atoms with van der Waals surface area (Å²) in [5.74, 6) is -3.48. The van der Waals surface area contributed by atoms with Crippen LogP contribution in [0.5, 0.6) is 0 Å². The van der Waals surface area contributed by atoms with Crippen molar-refractivity contribution in [2.75, 3.05) is 40.8 Å². The second-order valence-electron chi connectivity index (χ2n) is 4.53. The predicted molar refractivity (Wildman–Crippen MR) is 118 cm³/mol. The van der Waals surface area contributed by atoms with Gasteiger partial charge in [-0.25, -0.2) is 0 Å². The Hall–Kier alpha value is -0.351. The minimum atomic E-state index is -1.16. The quantitative estimate of drug-likeness (QED) is 0.174. The first-order valence-corrected chi connectivity index (χ1v) is 9.10. The van der Waals surface area contributed by atoms with E-state index in [9.17, 15) is 29.7 Å². The van der Waals surface area contributed by atoms with Gasteiger partial charge in [-0.1, -0.05) is 36.7 Å². The summed E-state index contributed by atoms with van der Waals surface area (Å²) in [6.07, 6.45) is 0. The van der Waals surface area contributed by atoms with Crippen molar-refractivity contribution >= 4 is 105 Å². The van der Waals surface area contributed by atoms with Crippen molar-refractivity contribution in [3.05, 3.63) is 0 Å². The Morgan fingerprint density at radius 2 is 0.786 bits per heavy atom. The van der Waals surface area contributed by atoms with Crippen LogP contribution in [0.1, 0.15) is 0 Å². The van der Waals surface area contributed by atoms with Crippen LogP contribution in [0.4, 0.5) is 0 Å². The molecule has 0 rings (SSSR count). The van der Waals surface area contributed by atoms with Crippen LogP contribution in [-0.2, 0) is 31.5 Å². The smallest absolute Gasteiger partial charge is 0.548 e. The van der Waals surface area contributed by atoms with E-state index in [1.54, 1.807) is 0 Å². The van der Waals surface area contributed by atoms with Crippen LogP contribution in [0.2, 0.25) is 0 Å². The molecule has 0 aliphatic heterocycles. The first kappa shape index (κ1) is 35.1. The Kier molecular flexibility index (Phi) is 25.0. The molecular formula is C12H18FeN3O6S6. The molecule has 0 saturated carbocycles. The van der Waals surface area contributed by atoms with E-state index >= 15 is 0 Å². The summed E-state index contributed by atoms with van der Waals surface area (Å²) in [5.41, 5.74) is 0. The number of likely N-dealkylation sites (N-methyl/N-ethyl adjacent to an activating group) is 3. The molecule has 0 unspecified atom stereocenters. The molecule has 0 aromatic carbocycles. The second kappa shape index (κ2) is 19.9. The van der Waals surface area contributed by atoms with Gasteiger partial charge < -0.3 is 44.4 Å². The molecule has 0 aromatic heterocycles. The van der Waals surface area contributed by atoms with Crippen molar-refractivity contribution in [2.45, 2.75) is 0 Å². The van der Waals surface area contributed by atoms with E-state index in [0.717, 1.165) is 0 Å². The zero-order valence-corrected chi connectivity index (χ0v) is 21.1. The Labute approximate surface area is 206 Å². The first-order valence-electron chi connectivity index (χ1n) is 6.53. The van der Waals surface area contributed by atoms with Crippen molar-refractivity contribution in [1.82, 2.24) is 14.7 Å². The number of aliphatic carboxylic acids is 3.